The second-order valence-electron chi connectivity index (χ2n) is 3.83. The summed E-state index contributed by atoms with van der Waals surface area (Å²) in [6, 6.07) is 5.91. The molecule has 1 aromatic carbocycles. The highest BCUT2D eigenvalue weighted by Crippen LogP contribution is 2.20. The number of ether oxygens (including phenoxy) is 1. The predicted molar refractivity (Wildman–Crippen MR) is 65.6 cm³/mol. The van der Waals surface area contributed by atoms with Gasteiger partial charge in [0, 0.05) is 7.05 Å². The van der Waals surface area contributed by atoms with Gasteiger partial charge in [0.1, 0.15) is 11.7 Å². The number of rotatable bonds is 4. The molecule has 0 aromatic heterocycles. The molecule has 5 heteroatoms. The number of para-hydroxylation sites is 1. The van der Waals surface area contributed by atoms with E-state index in [-0.39, 0.29) is 5.69 Å². The average molecular weight is 253 g/mol. The third-order valence-electron chi connectivity index (χ3n) is 2.74. The van der Waals surface area contributed by atoms with Gasteiger partial charge in [-0.2, -0.15) is 0 Å². The van der Waals surface area contributed by atoms with Gasteiger partial charge in [0.15, 0.2) is 0 Å². The van der Waals surface area contributed by atoms with Crippen LogP contribution in [0.4, 0.5) is 10.1 Å². The summed E-state index contributed by atoms with van der Waals surface area (Å²) in [5.74, 6) is -2.49. The number of hydrogen-bond acceptors (Lipinski definition) is 3. The molecule has 0 spiro atoms. The van der Waals surface area contributed by atoms with Crippen LogP contribution in [0.3, 0.4) is 0 Å². The van der Waals surface area contributed by atoms with E-state index in [0.717, 1.165) is 4.90 Å². The Morgan fingerprint density at radius 2 is 2.00 bits per heavy atom. The van der Waals surface area contributed by atoms with Gasteiger partial charge >= 0.3 is 5.97 Å². The molecule has 1 rings (SSSR count). The molecule has 0 heterocycles. The number of benzene rings is 1. The monoisotopic (exact) mass is 253 g/mol. The molecular formula is C13H16FNO3. The van der Waals surface area contributed by atoms with Crippen LogP contribution in [0.25, 0.3) is 0 Å². The SMILES string of the molecule is CCC(C(=O)OC)C(=O)N(C)c1ccccc1F. The number of methoxy groups -OCH3 is 1. The van der Waals surface area contributed by atoms with Crippen LogP contribution in [0, 0.1) is 11.7 Å². The first kappa shape index (κ1) is 14.2. The quantitative estimate of drug-likeness (QED) is 0.609. The van der Waals surface area contributed by atoms with E-state index in [0.29, 0.717) is 6.42 Å². The number of hydrogen-bond donors (Lipinski definition) is 0. The van der Waals surface area contributed by atoms with Gasteiger partial charge in [-0.05, 0) is 18.6 Å². The van der Waals surface area contributed by atoms with Crippen LogP contribution in [0.2, 0.25) is 0 Å². The fraction of sp³-hybridized carbons (Fsp3) is 0.385. The van der Waals surface area contributed by atoms with Crippen LogP contribution < -0.4 is 4.90 Å². The summed E-state index contributed by atoms with van der Waals surface area (Å²) in [4.78, 5) is 24.7. The van der Waals surface area contributed by atoms with Crippen molar-refractivity contribution in [1.82, 2.24) is 0 Å². The number of carbonyl (C=O) groups is 2. The maximum absolute atomic E-state index is 13.5. The first-order valence-electron chi connectivity index (χ1n) is 5.62. The molecule has 1 amide bonds. The third-order valence-corrected chi connectivity index (χ3v) is 2.74. The summed E-state index contributed by atoms with van der Waals surface area (Å²) in [5, 5.41) is 0. The summed E-state index contributed by atoms with van der Waals surface area (Å²) < 4.78 is 18.1. The van der Waals surface area contributed by atoms with E-state index in [1.54, 1.807) is 13.0 Å². The fourth-order valence-corrected chi connectivity index (χ4v) is 1.66. The Morgan fingerprint density at radius 3 is 2.50 bits per heavy atom. The second-order valence-corrected chi connectivity index (χ2v) is 3.83. The van der Waals surface area contributed by atoms with Crippen LogP contribution in [-0.4, -0.2) is 26.0 Å². The maximum Gasteiger partial charge on any atom is 0.318 e. The molecule has 1 unspecified atom stereocenters. The van der Waals surface area contributed by atoms with Crippen LogP contribution in [-0.2, 0) is 14.3 Å². The van der Waals surface area contributed by atoms with Crippen molar-refractivity contribution in [2.45, 2.75) is 13.3 Å². The summed E-state index contributed by atoms with van der Waals surface area (Å²) in [7, 11) is 2.66. The first-order chi connectivity index (χ1) is 8.52. The molecule has 0 fully saturated rings. The van der Waals surface area contributed by atoms with E-state index in [1.807, 2.05) is 0 Å². The highest BCUT2D eigenvalue weighted by molar-refractivity contribution is 6.05. The van der Waals surface area contributed by atoms with Crippen molar-refractivity contribution >= 4 is 17.6 Å². The number of esters is 1. The Balaban J connectivity index is 2.96. The normalized spacial score (nSPS) is 11.8. The molecule has 1 aromatic rings. The summed E-state index contributed by atoms with van der Waals surface area (Å²) >= 11 is 0. The van der Waals surface area contributed by atoms with Crippen molar-refractivity contribution in [2.24, 2.45) is 5.92 Å². The molecule has 18 heavy (non-hydrogen) atoms. The van der Waals surface area contributed by atoms with Crippen molar-refractivity contribution in [3.05, 3.63) is 30.1 Å². The van der Waals surface area contributed by atoms with Crippen LogP contribution >= 0.6 is 0 Å². The van der Waals surface area contributed by atoms with E-state index in [9.17, 15) is 14.0 Å². The lowest BCUT2D eigenvalue weighted by Crippen LogP contribution is -2.37. The van der Waals surface area contributed by atoms with Gasteiger partial charge in [0.05, 0.1) is 12.8 Å². The van der Waals surface area contributed by atoms with Crippen LogP contribution in [0.5, 0.6) is 0 Å². The zero-order chi connectivity index (χ0) is 13.7. The molecule has 0 aliphatic rings. The number of anilines is 1. The lowest BCUT2D eigenvalue weighted by molar-refractivity contribution is -0.149. The predicted octanol–water partition coefficient (Wildman–Crippen LogP) is 1.99. The largest absolute Gasteiger partial charge is 0.468 e. The Hall–Kier alpha value is -1.91. The van der Waals surface area contributed by atoms with Crippen LogP contribution in [0.15, 0.2) is 24.3 Å². The number of carbonyl (C=O) groups excluding carboxylic acids is 2. The van der Waals surface area contributed by atoms with Gasteiger partial charge in [-0.25, -0.2) is 4.39 Å². The average Bonchev–Trinajstić information content (AvgIpc) is 2.38. The lowest BCUT2D eigenvalue weighted by atomic mass is 10.1. The van der Waals surface area contributed by atoms with Gasteiger partial charge in [-0.1, -0.05) is 19.1 Å². The van der Waals surface area contributed by atoms with Gasteiger partial charge in [-0.15, -0.1) is 0 Å². The molecular weight excluding hydrogens is 237 g/mol. The Labute approximate surface area is 105 Å². The molecule has 0 radical (unpaired) electrons. The van der Waals surface area contributed by atoms with Gasteiger partial charge < -0.3 is 9.64 Å². The highest BCUT2D eigenvalue weighted by atomic mass is 19.1. The van der Waals surface area contributed by atoms with E-state index in [1.165, 1.54) is 32.4 Å². The number of amides is 1. The number of nitrogens with zero attached hydrogens (tertiary/aromatic N) is 1. The summed E-state index contributed by atoms with van der Waals surface area (Å²) in [5.41, 5.74) is 0.143. The van der Waals surface area contributed by atoms with Crippen molar-refractivity contribution in [2.75, 3.05) is 19.1 Å². The molecule has 98 valence electrons. The first-order valence-corrected chi connectivity index (χ1v) is 5.62. The van der Waals surface area contributed by atoms with Crippen molar-refractivity contribution in [3.63, 3.8) is 0 Å². The molecule has 0 aliphatic heterocycles. The highest BCUT2D eigenvalue weighted by Gasteiger charge is 2.29. The Morgan fingerprint density at radius 1 is 1.39 bits per heavy atom. The van der Waals surface area contributed by atoms with E-state index >= 15 is 0 Å². The third kappa shape index (κ3) is 2.85. The van der Waals surface area contributed by atoms with Crippen LogP contribution in [0.1, 0.15) is 13.3 Å². The van der Waals surface area contributed by atoms with Gasteiger partial charge in [0.2, 0.25) is 5.91 Å². The molecule has 0 saturated heterocycles. The van der Waals surface area contributed by atoms with E-state index in [2.05, 4.69) is 4.74 Å². The van der Waals surface area contributed by atoms with E-state index < -0.39 is 23.6 Å². The molecule has 0 N–H and O–H groups in total. The molecule has 0 aliphatic carbocycles. The topological polar surface area (TPSA) is 46.6 Å². The zero-order valence-electron chi connectivity index (χ0n) is 10.6. The van der Waals surface area contributed by atoms with Crippen molar-refractivity contribution in [1.29, 1.82) is 0 Å². The molecule has 1 atom stereocenters. The van der Waals surface area contributed by atoms with Gasteiger partial charge in [-0.3, -0.25) is 9.59 Å². The lowest BCUT2D eigenvalue weighted by Gasteiger charge is -2.22. The van der Waals surface area contributed by atoms with Crippen molar-refractivity contribution < 1.29 is 18.7 Å². The fourth-order valence-electron chi connectivity index (χ4n) is 1.66. The summed E-state index contributed by atoms with van der Waals surface area (Å²) in [6.45, 7) is 1.70. The maximum atomic E-state index is 13.5. The smallest absolute Gasteiger partial charge is 0.318 e. The number of halogens is 1. The molecule has 0 saturated carbocycles. The standard InChI is InChI=1S/C13H16FNO3/c1-4-9(13(17)18-3)12(16)15(2)11-8-6-5-7-10(11)14/h5-9H,4H2,1-3H3. The summed E-state index contributed by atoms with van der Waals surface area (Å²) in [6.07, 6.45) is 0.310. The van der Waals surface area contributed by atoms with Gasteiger partial charge in [0.25, 0.3) is 0 Å². The van der Waals surface area contributed by atoms with Crippen molar-refractivity contribution in [3.8, 4) is 0 Å². The Bertz CT molecular complexity index is 448. The molecule has 4 nitrogen and oxygen atoms in total. The minimum Gasteiger partial charge on any atom is -0.468 e. The second kappa shape index (κ2) is 6.14. The minimum atomic E-state index is -0.903. The Kier molecular flexibility index (Phi) is 4.83. The zero-order valence-corrected chi connectivity index (χ0v) is 10.6. The van der Waals surface area contributed by atoms with E-state index in [4.69, 9.17) is 0 Å². The minimum absolute atomic E-state index is 0.143. The molecule has 0 bridgehead atoms.